The Bertz CT molecular complexity index is 1220. The summed E-state index contributed by atoms with van der Waals surface area (Å²) < 4.78 is 13.7. The van der Waals surface area contributed by atoms with E-state index in [-0.39, 0.29) is 23.8 Å². The first-order valence-electron chi connectivity index (χ1n) is 11.9. The number of aliphatic hydroxyl groups is 1. The van der Waals surface area contributed by atoms with Gasteiger partial charge in [0, 0.05) is 17.6 Å². The molecule has 35 heavy (non-hydrogen) atoms. The van der Waals surface area contributed by atoms with Gasteiger partial charge in [-0.3, -0.25) is 4.79 Å². The monoisotopic (exact) mass is 473 g/mol. The van der Waals surface area contributed by atoms with E-state index >= 15 is 0 Å². The van der Waals surface area contributed by atoms with Gasteiger partial charge < -0.3 is 15.1 Å². The Kier molecular flexibility index (Phi) is 6.82. The van der Waals surface area contributed by atoms with Crippen LogP contribution in [0.15, 0.2) is 84.9 Å². The fraction of sp³-hybridized carbons (Fsp3) is 0.300. The molecule has 4 rings (SSSR count). The van der Waals surface area contributed by atoms with Crippen molar-refractivity contribution in [3.63, 3.8) is 0 Å². The van der Waals surface area contributed by atoms with Crippen molar-refractivity contribution in [1.82, 2.24) is 0 Å². The lowest BCUT2D eigenvalue weighted by molar-refractivity contribution is -0.142. The molecule has 1 aliphatic heterocycles. The third-order valence-electron chi connectivity index (χ3n) is 7.00. The van der Waals surface area contributed by atoms with Gasteiger partial charge in [-0.1, -0.05) is 66.7 Å². The number of fused-ring (bicyclic) bond motifs is 1. The van der Waals surface area contributed by atoms with E-state index in [4.69, 9.17) is 0 Å². The highest BCUT2D eigenvalue weighted by Crippen LogP contribution is 2.46. The Hall–Kier alpha value is -3.44. The van der Waals surface area contributed by atoms with Gasteiger partial charge in [-0.15, -0.1) is 0 Å². The maximum absolute atomic E-state index is 13.7. The minimum Gasteiger partial charge on any atom is -0.481 e. The normalized spacial score (nSPS) is 18.8. The number of benzene rings is 3. The second-order valence-corrected chi connectivity index (χ2v) is 9.96. The number of anilines is 1. The Labute approximate surface area is 206 Å². The lowest BCUT2D eigenvalue weighted by atomic mass is 9.84. The third-order valence-corrected chi connectivity index (χ3v) is 7.00. The van der Waals surface area contributed by atoms with Crippen molar-refractivity contribution in [2.75, 3.05) is 4.90 Å². The molecule has 0 fully saturated rings. The van der Waals surface area contributed by atoms with E-state index in [0.717, 1.165) is 11.3 Å². The minimum absolute atomic E-state index is 0.00334. The van der Waals surface area contributed by atoms with Gasteiger partial charge >= 0.3 is 5.97 Å². The molecule has 1 heterocycles. The van der Waals surface area contributed by atoms with Crippen LogP contribution in [0, 0.1) is 5.82 Å². The molecule has 0 amide bonds. The molecule has 0 radical (unpaired) electrons. The predicted octanol–water partition coefficient (Wildman–Crippen LogP) is 6.21. The van der Waals surface area contributed by atoms with Crippen molar-refractivity contribution in [1.29, 1.82) is 0 Å². The lowest BCUT2D eigenvalue weighted by Gasteiger charge is -2.32. The summed E-state index contributed by atoms with van der Waals surface area (Å²) in [4.78, 5) is 13.9. The Morgan fingerprint density at radius 2 is 1.63 bits per heavy atom. The largest absolute Gasteiger partial charge is 0.481 e. The molecule has 4 nitrogen and oxygen atoms in total. The molecule has 3 aromatic carbocycles. The van der Waals surface area contributed by atoms with Gasteiger partial charge in [-0.25, -0.2) is 4.39 Å². The van der Waals surface area contributed by atoms with Gasteiger partial charge in [0.15, 0.2) is 0 Å². The molecular formula is C30H32FNO3. The second kappa shape index (κ2) is 9.67. The molecule has 182 valence electrons. The molecule has 3 aromatic rings. The average Bonchev–Trinajstić information content (AvgIpc) is 3.17. The minimum atomic E-state index is -1.00. The summed E-state index contributed by atoms with van der Waals surface area (Å²) in [6.07, 6.45) is 2.98. The van der Waals surface area contributed by atoms with Gasteiger partial charge in [0.05, 0.1) is 17.6 Å². The number of para-hydroxylation sites is 1. The summed E-state index contributed by atoms with van der Waals surface area (Å²) in [7, 11) is 0. The highest BCUT2D eigenvalue weighted by atomic mass is 19.1. The van der Waals surface area contributed by atoms with E-state index in [1.807, 2.05) is 30.3 Å². The molecule has 1 aliphatic rings. The van der Waals surface area contributed by atoms with Crippen LogP contribution >= 0.6 is 0 Å². The van der Waals surface area contributed by atoms with Crippen LogP contribution in [0.25, 0.3) is 0 Å². The number of aliphatic hydroxyl groups excluding tert-OH is 1. The first-order valence-corrected chi connectivity index (χ1v) is 11.9. The van der Waals surface area contributed by atoms with E-state index in [2.05, 4.69) is 30.9 Å². The maximum Gasteiger partial charge on any atom is 0.313 e. The highest BCUT2D eigenvalue weighted by molar-refractivity contribution is 5.80. The topological polar surface area (TPSA) is 60.8 Å². The molecule has 3 atom stereocenters. The number of carboxylic acid groups (broad SMARTS) is 1. The molecule has 0 saturated carbocycles. The predicted molar refractivity (Wildman–Crippen MR) is 137 cm³/mol. The molecule has 3 unspecified atom stereocenters. The van der Waals surface area contributed by atoms with Gasteiger partial charge in [0.2, 0.25) is 0 Å². The van der Waals surface area contributed by atoms with E-state index in [9.17, 15) is 19.4 Å². The molecule has 0 spiro atoms. The molecule has 0 bridgehead atoms. The first-order chi connectivity index (χ1) is 16.6. The van der Waals surface area contributed by atoms with E-state index in [1.54, 1.807) is 44.2 Å². The molecule has 0 saturated heterocycles. The summed E-state index contributed by atoms with van der Waals surface area (Å²) in [6.45, 7) is 7.61. The van der Waals surface area contributed by atoms with Crippen LogP contribution in [0.5, 0.6) is 0 Å². The van der Waals surface area contributed by atoms with Crippen LogP contribution in [-0.2, 0) is 10.2 Å². The lowest BCUT2D eigenvalue weighted by Crippen LogP contribution is -2.38. The average molecular weight is 474 g/mol. The van der Waals surface area contributed by atoms with Gasteiger partial charge in [0.25, 0.3) is 0 Å². The van der Waals surface area contributed by atoms with Crippen LogP contribution in [0.2, 0.25) is 0 Å². The van der Waals surface area contributed by atoms with Crippen LogP contribution < -0.4 is 4.90 Å². The quantitative estimate of drug-likeness (QED) is 0.401. The van der Waals surface area contributed by atoms with Crippen molar-refractivity contribution >= 4 is 11.7 Å². The second-order valence-electron chi connectivity index (χ2n) is 9.96. The zero-order chi connectivity index (χ0) is 25.3. The van der Waals surface area contributed by atoms with Crippen molar-refractivity contribution in [2.24, 2.45) is 0 Å². The van der Waals surface area contributed by atoms with E-state index in [0.29, 0.717) is 11.1 Å². The summed E-state index contributed by atoms with van der Waals surface area (Å²) in [6, 6.07) is 22.1. The number of hydrogen-bond donors (Lipinski definition) is 2. The Balaban J connectivity index is 1.66. The summed E-state index contributed by atoms with van der Waals surface area (Å²) >= 11 is 0. The molecule has 5 heteroatoms. The van der Waals surface area contributed by atoms with Crippen molar-refractivity contribution < 1.29 is 19.4 Å². The number of hydrogen-bond acceptors (Lipinski definition) is 3. The third kappa shape index (κ3) is 4.73. The van der Waals surface area contributed by atoms with Crippen LogP contribution in [0.1, 0.15) is 62.0 Å². The molecule has 2 N–H and O–H groups in total. The standard InChI is InChI=1S/C30H32FNO3/c1-19(2)32-25-8-6-5-7-24(25)28(21-11-15-23(31)16-12-21)26(32)17-18-27(33)20-9-13-22(14-10-20)30(3,4)29(34)35/h5-19,26-28,33H,1-4H3,(H,34,35)/b18-17+. The molecule has 0 aromatic heterocycles. The van der Waals surface area contributed by atoms with Crippen LogP contribution in [0.3, 0.4) is 0 Å². The summed E-state index contributed by atoms with van der Waals surface area (Å²) in [5.74, 6) is -1.17. The van der Waals surface area contributed by atoms with Crippen molar-refractivity contribution in [2.45, 2.75) is 57.2 Å². The molecular weight excluding hydrogens is 441 g/mol. The fourth-order valence-corrected chi connectivity index (χ4v) is 4.91. The van der Waals surface area contributed by atoms with E-state index < -0.39 is 17.5 Å². The number of rotatable bonds is 7. The smallest absolute Gasteiger partial charge is 0.313 e. The Morgan fingerprint density at radius 3 is 2.23 bits per heavy atom. The number of carbonyl (C=O) groups is 1. The Morgan fingerprint density at radius 1 is 1.00 bits per heavy atom. The number of halogens is 1. The van der Waals surface area contributed by atoms with Crippen LogP contribution in [0.4, 0.5) is 10.1 Å². The van der Waals surface area contributed by atoms with Gasteiger partial charge in [-0.05, 0) is 68.1 Å². The highest BCUT2D eigenvalue weighted by Gasteiger charge is 2.39. The molecule has 0 aliphatic carbocycles. The van der Waals surface area contributed by atoms with Crippen LogP contribution in [-0.4, -0.2) is 28.3 Å². The van der Waals surface area contributed by atoms with Gasteiger partial charge in [0.1, 0.15) is 5.82 Å². The van der Waals surface area contributed by atoms with Crippen molar-refractivity contribution in [3.05, 3.63) is 113 Å². The van der Waals surface area contributed by atoms with Crippen molar-refractivity contribution in [3.8, 4) is 0 Å². The maximum atomic E-state index is 13.7. The summed E-state index contributed by atoms with van der Waals surface area (Å²) in [5, 5.41) is 20.4. The number of aliphatic carboxylic acids is 1. The zero-order valence-corrected chi connectivity index (χ0v) is 20.5. The zero-order valence-electron chi connectivity index (χ0n) is 20.5. The van der Waals surface area contributed by atoms with E-state index in [1.165, 1.54) is 17.7 Å². The van der Waals surface area contributed by atoms with Gasteiger partial charge in [-0.2, -0.15) is 0 Å². The number of nitrogens with zero attached hydrogens (tertiary/aromatic N) is 1. The first kappa shape index (κ1) is 24.7. The fourth-order valence-electron chi connectivity index (χ4n) is 4.91. The SMILES string of the molecule is CC(C)N1c2ccccc2C(c2ccc(F)cc2)C1/C=C/C(O)c1ccc(C(C)(C)C(=O)O)cc1. The summed E-state index contributed by atoms with van der Waals surface area (Å²) in [5.41, 5.74) is 3.70. The number of carboxylic acids is 1.